The van der Waals surface area contributed by atoms with Gasteiger partial charge in [-0.05, 0) is 76.2 Å². The van der Waals surface area contributed by atoms with Crippen molar-refractivity contribution in [1.82, 2.24) is 10.2 Å². The predicted octanol–water partition coefficient (Wildman–Crippen LogP) is 4.85. The first-order valence-electron chi connectivity index (χ1n) is 14.1. The molecule has 5 aliphatic rings. The molecule has 6 rings (SSSR count). The monoisotopic (exact) mass is 526 g/mol. The van der Waals surface area contributed by atoms with Crippen LogP contribution in [0, 0.1) is 23.2 Å². The first kappa shape index (κ1) is 27.3. The molecule has 1 aromatic carbocycles. The second-order valence-corrected chi connectivity index (χ2v) is 13.5. The van der Waals surface area contributed by atoms with Crippen molar-refractivity contribution in [2.75, 3.05) is 19.7 Å². The molecule has 9 heteroatoms. The Labute approximate surface area is 227 Å². The van der Waals surface area contributed by atoms with Crippen molar-refractivity contribution >= 4 is 19.3 Å². The number of nitrogens with zero attached hydrogens (tertiary/aromatic N) is 1. The third-order valence-electron chi connectivity index (χ3n) is 9.29. The minimum Gasteiger partial charge on any atom is -0.449 e. The van der Waals surface area contributed by atoms with Gasteiger partial charge in [0.05, 0.1) is 24.3 Å². The summed E-state index contributed by atoms with van der Waals surface area (Å²) in [6.07, 6.45) is 2.75. The number of ether oxygens (including phenoxy) is 2. The van der Waals surface area contributed by atoms with E-state index in [4.69, 9.17) is 18.8 Å². The van der Waals surface area contributed by atoms with Gasteiger partial charge in [-0.1, -0.05) is 44.2 Å². The molecule has 1 aromatic rings. The lowest BCUT2D eigenvalue weighted by Crippen LogP contribution is -2.65. The molecule has 5 fully saturated rings. The topological polar surface area (TPSA) is 86.3 Å². The van der Waals surface area contributed by atoms with Gasteiger partial charge in [0.1, 0.15) is 5.60 Å². The highest BCUT2D eigenvalue weighted by molar-refractivity contribution is 6.47. The Kier molecular flexibility index (Phi) is 7.22. The molecular formula is C29H43BN2O6. The standard InChI is InChI=1S/C29H43BN2O6/c1-27(2,3)36-26(34)32-13-12-20(17-32)18-35-25(33)31-24(14-19-10-8-7-9-11-19)30-37-23-16-21-15-22(28(21,4)5)29(23,6)38-30/h7-11,20-24H,12-18H2,1-6H3,(H,31,33)/t20-,21-,22-,23?,24-,29-/m0/s1. The van der Waals surface area contributed by atoms with Gasteiger partial charge in [-0.3, -0.25) is 0 Å². The van der Waals surface area contributed by atoms with Crippen molar-refractivity contribution in [3.05, 3.63) is 35.9 Å². The van der Waals surface area contributed by atoms with Gasteiger partial charge in [-0.25, -0.2) is 9.59 Å². The number of carbonyl (C=O) groups excluding carboxylic acids is 2. The minimum absolute atomic E-state index is 0.0395. The van der Waals surface area contributed by atoms with E-state index in [0.29, 0.717) is 31.3 Å². The highest BCUT2D eigenvalue weighted by atomic mass is 16.7. The zero-order chi connectivity index (χ0) is 27.3. The Morgan fingerprint density at radius 2 is 1.92 bits per heavy atom. The number of hydrogen-bond donors (Lipinski definition) is 1. The van der Waals surface area contributed by atoms with Crippen LogP contribution >= 0.6 is 0 Å². The van der Waals surface area contributed by atoms with Gasteiger partial charge in [0.15, 0.2) is 0 Å². The Bertz CT molecular complexity index is 1030. The SMILES string of the molecule is CC(C)(C)OC(=O)N1CC[C@H](COC(=O)N[C@@H](Cc2ccccc2)B2OC3C[C@@H]4C[C@@H](C4(C)C)[C@]3(C)O2)C1. The highest BCUT2D eigenvalue weighted by Crippen LogP contribution is 2.65. The largest absolute Gasteiger partial charge is 0.482 e. The summed E-state index contributed by atoms with van der Waals surface area (Å²) in [5.41, 5.74) is 0.463. The molecule has 2 aliphatic heterocycles. The van der Waals surface area contributed by atoms with Crippen molar-refractivity contribution in [2.24, 2.45) is 23.2 Å². The van der Waals surface area contributed by atoms with E-state index in [0.717, 1.165) is 18.4 Å². The van der Waals surface area contributed by atoms with Crippen LogP contribution in [0.5, 0.6) is 0 Å². The maximum absolute atomic E-state index is 13.0. The highest BCUT2D eigenvalue weighted by Gasteiger charge is 2.68. The Hall–Kier alpha value is -2.26. The molecule has 0 spiro atoms. The van der Waals surface area contributed by atoms with Gasteiger partial charge in [0.2, 0.25) is 0 Å². The lowest BCUT2D eigenvalue weighted by molar-refractivity contribution is -0.199. The van der Waals surface area contributed by atoms with E-state index in [9.17, 15) is 9.59 Å². The zero-order valence-electron chi connectivity index (χ0n) is 23.7. The van der Waals surface area contributed by atoms with Crippen LogP contribution in [0.4, 0.5) is 9.59 Å². The fraction of sp³-hybridized carbons (Fsp3) is 0.724. The second-order valence-electron chi connectivity index (χ2n) is 13.5. The Morgan fingerprint density at radius 3 is 2.61 bits per heavy atom. The molecule has 38 heavy (non-hydrogen) atoms. The van der Waals surface area contributed by atoms with E-state index >= 15 is 0 Å². The summed E-state index contributed by atoms with van der Waals surface area (Å²) in [5.74, 6) is 0.804. The van der Waals surface area contributed by atoms with E-state index in [1.165, 1.54) is 6.42 Å². The minimum atomic E-state index is -0.540. The number of carbonyl (C=O) groups is 2. The first-order valence-corrected chi connectivity index (χ1v) is 14.1. The second kappa shape index (κ2) is 10.0. The van der Waals surface area contributed by atoms with Gasteiger partial charge in [-0.2, -0.15) is 0 Å². The molecule has 2 amide bonds. The number of benzene rings is 1. The molecule has 0 radical (unpaired) electrons. The predicted molar refractivity (Wildman–Crippen MR) is 144 cm³/mol. The van der Waals surface area contributed by atoms with Gasteiger partial charge < -0.3 is 29.0 Å². The molecule has 2 heterocycles. The molecule has 8 nitrogen and oxygen atoms in total. The van der Waals surface area contributed by atoms with Crippen molar-refractivity contribution in [1.29, 1.82) is 0 Å². The number of nitrogens with one attached hydrogen (secondary N) is 1. The van der Waals surface area contributed by atoms with Crippen molar-refractivity contribution in [3.8, 4) is 0 Å². The quantitative estimate of drug-likeness (QED) is 0.534. The maximum Gasteiger partial charge on any atom is 0.482 e. The fourth-order valence-corrected chi connectivity index (χ4v) is 7.00. The van der Waals surface area contributed by atoms with Crippen molar-refractivity contribution < 1.29 is 28.4 Å². The average Bonchev–Trinajstić information content (AvgIpc) is 3.46. The van der Waals surface area contributed by atoms with Crippen LogP contribution in [0.2, 0.25) is 0 Å². The van der Waals surface area contributed by atoms with Gasteiger partial charge in [0.25, 0.3) is 0 Å². The van der Waals surface area contributed by atoms with Gasteiger partial charge in [-0.15, -0.1) is 0 Å². The van der Waals surface area contributed by atoms with Crippen molar-refractivity contribution in [2.45, 2.75) is 90.5 Å². The van der Waals surface area contributed by atoms with E-state index in [-0.39, 0.29) is 41.7 Å². The molecule has 1 unspecified atom stereocenters. The molecule has 3 saturated carbocycles. The summed E-state index contributed by atoms with van der Waals surface area (Å²) < 4.78 is 24.3. The normalized spacial score (nSPS) is 32.3. The number of likely N-dealkylation sites (tertiary alicyclic amines) is 1. The summed E-state index contributed by atoms with van der Waals surface area (Å²) in [5, 5.41) is 3.06. The van der Waals surface area contributed by atoms with Crippen LogP contribution in [0.15, 0.2) is 30.3 Å². The summed E-state index contributed by atoms with van der Waals surface area (Å²) in [6.45, 7) is 13.8. The molecule has 1 N–H and O–H groups in total. The third-order valence-corrected chi connectivity index (χ3v) is 9.29. The van der Waals surface area contributed by atoms with Gasteiger partial charge in [0, 0.05) is 19.0 Å². The smallest absolute Gasteiger partial charge is 0.449 e. The summed E-state index contributed by atoms with van der Waals surface area (Å²) >= 11 is 0. The molecule has 0 aromatic heterocycles. The van der Waals surface area contributed by atoms with Crippen LogP contribution in [-0.2, 0) is 25.2 Å². The van der Waals surface area contributed by atoms with Crippen LogP contribution < -0.4 is 5.32 Å². The van der Waals surface area contributed by atoms with Crippen LogP contribution in [0.1, 0.15) is 66.4 Å². The molecule has 2 bridgehead atoms. The summed E-state index contributed by atoms with van der Waals surface area (Å²) in [7, 11) is -0.540. The van der Waals surface area contributed by atoms with Crippen LogP contribution in [0.3, 0.4) is 0 Å². The molecule has 2 saturated heterocycles. The maximum atomic E-state index is 13.0. The molecular weight excluding hydrogens is 483 g/mol. The fourth-order valence-electron chi connectivity index (χ4n) is 7.00. The lowest BCUT2D eigenvalue weighted by Gasteiger charge is -2.64. The lowest BCUT2D eigenvalue weighted by atomic mass is 9.43. The third kappa shape index (κ3) is 5.41. The van der Waals surface area contributed by atoms with E-state index < -0.39 is 18.8 Å². The number of amides is 2. The summed E-state index contributed by atoms with van der Waals surface area (Å²) in [4.78, 5) is 27.0. The van der Waals surface area contributed by atoms with Gasteiger partial charge >= 0.3 is 19.3 Å². The van der Waals surface area contributed by atoms with Crippen LogP contribution in [-0.4, -0.2) is 67.1 Å². The Morgan fingerprint density at radius 1 is 1.18 bits per heavy atom. The van der Waals surface area contributed by atoms with E-state index in [2.05, 4.69) is 26.1 Å². The van der Waals surface area contributed by atoms with E-state index in [1.54, 1.807) is 4.90 Å². The van der Waals surface area contributed by atoms with Crippen LogP contribution in [0.25, 0.3) is 0 Å². The molecule has 6 atom stereocenters. The Balaban J connectivity index is 1.19. The number of hydrogen-bond acceptors (Lipinski definition) is 6. The average molecular weight is 526 g/mol. The van der Waals surface area contributed by atoms with E-state index in [1.807, 2.05) is 51.1 Å². The zero-order valence-corrected chi connectivity index (χ0v) is 23.7. The number of rotatable bonds is 6. The first-order chi connectivity index (χ1) is 17.8. The number of alkyl carbamates (subject to hydrolysis) is 1. The summed E-state index contributed by atoms with van der Waals surface area (Å²) in [6, 6.07) is 10.1. The van der Waals surface area contributed by atoms with Crippen molar-refractivity contribution in [3.63, 3.8) is 0 Å². The molecule has 3 aliphatic carbocycles. The molecule has 208 valence electrons.